The molecule has 0 aliphatic rings. The molecule has 2 amide bonds. The van der Waals surface area contributed by atoms with Crippen molar-refractivity contribution >= 4 is 11.8 Å². The second kappa shape index (κ2) is 7.40. The van der Waals surface area contributed by atoms with Crippen LogP contribution in [0.5, 0.6) is 11.5 Å². The molecule has 2 rings (SSSR count). The first-order valence-corrected chi connectivity index (χ1v) is 6.73. The number of halogens is 2. The van der Waals surface area contributed by atoms with Gasteiger partial charge in [-0.3, -0.25) is 20.4 Å². The number of amides is 2. The molecule has 8 heteroatoms. The van der Waals surface area contributed by atoms with E-state index in [0.717, 1.165) is 12.1 Å². The number of ether oxygens (including phenoxy) is 2. The molecular weight excluding hydrogens is 322 g/mol. The van der Waals surface area contributed by atoms with Gasteiger partial charge in [-0.05, 0) is 24.3 Å². The lowest BCUT2D eigenvalue weighted by molar-refractivity contribution is 0.0844. The Morgan fingerprint density at radius 1 is 0.875 bits per heavy atom. The highest BCUT2D eigenvalue weighted by Crippen LogP contribution is 2.22. The third-order valence-corrected chi connectivity index (χ3v) is 3.08. The van der Waals surface area contributed by atoms with Crippen molar-refractivity contribution in [1.29, 1.82) is 0 Å². The molecule has 6 nitrogen and oxygen atoms in total. The monoisotopic (exact) mass is 336 g/mol. The van der Waals surface area contributed by atoms with Gasteiger partial charge in [0.2, 0.25) is 0 Å². The molecule has 0 saturated carbocycles. The number of methoxy groups -OCH3 is 2. The van der Waals surface area contributed by atoms with Crippen LogP contribution in [0.15, 0.2) is 36.4 Å². The maximum absolute atomic E-state index is 13.5. The van der Waals surface area contributed by atoms with E-state index in [1.54, 1.807) is 6.07 Å². The van der Waals surface area contributed by atoms with Gasteiger partial charge in [0.15, 0.2) is 0 Å². The summed E-state index contributed by atoms with van der Waals surface area (Å²) in [6, 6.07) is 6.92. The lowest BCUT2D eigenvalue weighted by Crippen LogP contribution is -2.42. The van der Waals surface area contributed by atoms with E-state index in [9.17, 15) is 18.4 Å². The summed E-state index contributed by atoms with van der Waals surface area (Å²) < 4.78 is 36.4. The Kier molecular flexibility index (Phi) is 5.31. The van der Waals surface area contributed by atoms with Gasteiger partial charge in [-0.1, -0.05) is 0 Å². The van der Waals surface area contributed by atoms with E-state index in [4.69, 9.17) is 9.47 Å². The Balaban J connectivity index is 2.08. The van der Waals surface area contributed by atoms with Crippen LogP contribution in [0, 0.1) is 11.6 Å². The van der Waals surface area contributed by atoms with Gasteiger partial charge in [-0.15, -0.1) is 0 Å². The van der Waals surface area contributed by atoms with E-state index in [1.165, 1.54) is 26.4 Å². The van der Waals surface area contributed by atoms with Gasteiger partial charge in [0.25, 0.3) is 11.8 Å². The van der Waals surface area contributed by atoms with Gasteiger partial charge >= 0.3 is 0 Å². The normalized spacial score (nSPS) is 10.0. The summed E-state index contributed by atoms with van der Waals surface area (Å²) in [5, 5.41) is 0. The van der Waals surface area contributed by atoms with Gasteiger partial charge in [-0.2, -0.15) is 0 Å². The number of carbonyl (C=O) groups is 2. The second-order valence-electron chi connectivity index (χ2n) is 4.63. The van der Waals surface area contributed by atoms with Gasteiger partial charge in [0, 0.05) is 17.7 Å². The topological polar surface area (TPSA) is 76.7 Å². The van der Waals surface area contributed by atoms with Gasteiger partial charge in [-0.25, -0.2) is 8.78 Å². The summed E-state index contributed by atoms with van der Waals surface area (Å²) >= 11 is 0. The molecule has 2 N–H and O–H groups in total. The van der Waals surface area contributed by atoms with E-state index in [2.05, 4.69) is 5.43 Å². The highest BCUT2D eigenvalue weighted by molar-refractivity contribution is 5.99. The molecule has 24 heavy (non-hydrogen) atoms. The van der Waals surface area contributed by atoms with E-state index >= 15 is 0 Å². The summed E-state index contributed by atoms with van der Waals surface area (Å²) in [6.45, 7) is 0. The Bertz CT molecular complexity index is 758. The minimum absolute atomic E-state index is 0.158. The van der Waals surface area contributed by atoms with Crippen LogP contribution in [0.1, 0.15) is 20.7 Å². The zero-order valence-corrected chi connectivity index (χ0v) is 12.9. The lowest BCUT2D eigenvalue weighted by Gasteiger charge is -2.10. The number of nitrogens with one attached hydrogen (secondary N) is 2. The van der Waals surface area contributed by atoms with Crippen molar-refractivity contribution in [2.24, 2.45) is 0 Å². The third kappa shape index (κ3) is 3.97. The Labute approximate surface area is 136 Å². The maximum Gasteiger partial charge on any atom is 0.272 e. The summed E-state index contributed by atoms with van der Waals surface area (Å²) in [6.07, 6.45) is 0. The van der Waals surface area contributed by atoms with Crippen LogP contribution in [0.3, 0.4) is 0 Å². The fourth-order valence-corrected chi connectivity index (χ4v) is 1.87. The zero-order chi connectivity index (χ0) is 17.7. The van der Waals surface area contributed by atoms with Crippen molar-refractivity contribution in [2.45, 2.75) is 0 Å². The largest absolute Gasteiger partial charge is 0.497 e. The summed E-state index contributed by atoms with van der Waals surface area (Å²) in [7, 11) is 2.85. The van der Waals surface area contributed by atoms with Crippen molar-refractivity contribution in [1.82, 2.24) is 10.9 Å². The predicted octanol–water partition coefficient (Wildman–Crippen LogP) is 2.06. The molecule has 2 aromatic rings. The van der Waals surface area contributed by atoms with Crippen molar-refractivity contribution in [3.05, 3.63) is 59.2 Å². The first kappa shape index (κ1) is 17.2. The average Bonchev–Trinajstić information content (AvgIpc) is 2.58. The molecule has 0 atom stereocenters. The minimum atomic E-state index is -1.04. The lowest BCUT2D eigenvalue weighted by atomic mass is 10.2. The fourth-order valence-electron chi connectivity index (χ4n) is 1.87. The first-order valence-electron chi connectivity index (χ1n) is 6.73. The Morgan fingerprint density at radius 3 is 2.00 bits per heavy atom. The van der Waals surface area contributed by atoms with Crippen LogP contribution in [-0.2, 0) is 0 Å². The second-order valence-corrected chi connectivity index (χ2v) is 4.63. The number of carbonyl (C=O) groups excluding carboxylic acids is 2. The summed E-state index contributed by atoms with van der Waals surface area (Å²) in [5.41, 5.74) is 3.94. The SMILES string of the molecule is COc1cc(OC)cc(C(=O)NNC(=O)c2ccc(F)cc2F)c1. The molecule has 0 aromatic heterocycles. The molecule has 2 aromatic carbocycles. The van der Waals surface area contributed by atoms with Crippen molar-refractivity contribution < 1.29 is 27.8 Å². The van der Waals surface area contributed by atoms with E-state index in [1.807, 2.05) is 5.43 Å². The smallest absolute Gasteiger partial charge is 0.272 e. The number of benzene rings is 2. The zero-order valence-electron chi connectivity index (χ0n) is 12.9. The van der Waals surface area contributed by atoms with Crippen LogP contribution in [-0.4, -0.2) is 26.0 Å². The van der Waals surface area contributed by atoms with Crippen molar-refractivity contribution in [3.63, 3.8) is 0 Å². The fraction of sp³-hybridized carbons (Fsp3) is 0.125. The van der Waals surface area contributed by atoms with E-state index in [0.29, 0.717) is 17.6 Å². The first-order chi connectivity index (χ1) is 11.4. The Morgan fingerprint density at radius 2 is 1.46 bits per heavy atom. The van der Waals surface area contributed by atoms with Crippen molar-refractivity contribution in [3.8, 4) is 11.5 Å². The number of hydrazine groups is 1. The highest BCUT2D eigenvalue weighted by atomic mass is 19.1. The summed E-state index contributed by atoms with van der Waals surface area (Å²) in [4.78, 5) is 23.9. The molecule has 0 unspecified atom stereocenters. The molecule has 0 radical (unpaired) electrons. The number of hydrogen-bond donors (Lipinski definition) is 2. The molecule has 0 spiro atoms. The standard InChI is InChI=1S/C16H14F2N2O4/c1-23-11-5-9(6-12(8-11)24-2)15(21)19-20-16(22)13-4-3-10(17)7-14(13)18/h3-8H,1-2H3,(H,19,21)(H,20,22). The predicted molar refractivity (Wildman–Crippen MR) is 80.8 cm³/mol. The van der Waals surface area contributed by atoms with Gasteiger partial charge in [0.1, 0.15) is 23.1 Å². The molecular formula is C16H14F2N2O4. The maximum atomic E-state index is 13.5. The van der Waals surface area contributed by atoms with Gasteiger partial charge < -0.3 is 9.47 Å². The number of rotatable bonds is 4. The molecule has 0 aliphatic carbocycles. The molecule has 0 aliphatic heterocycles. The van der Waals surface area contributed by atoms with Gasteiger partial charge in [0.05, 0.1) is 19.8 Å². The van der Waals surface area contributed by atoms with Crippen molar-refractivity contribution in [2.75, 3.05) is 14.2 Å². The molecule has 0 saturated heterocycles. The summed E-state index contributed by atoms with van der Waals surface area (Å²) in [5.74, 6) is -2.66. The minimum Gasteiger partial charge on any atom is -0.497 e. The molecule has 126 valence electrons. The molecule has 0 fully saturated rings. The molecule has 0 bridgehead atoms. The quantitative estimate of drug-likeness (QED) is 0.838. The van der Waals surface area contributed by atoms with Crippen LogP contribution in [0.25, 0.3) is 0 Å². The third-order valence-electron chi connectivity index (χ3n) is 3.08. The Hall–Kier alpha value is -3.16. The van der Waals surface area contributed by atoms with Crippen LogP contribution in [0.4, 0.5) is 8.78 Å². The average molecular weight is 336 g/mol. The van der Waals surface area contributed by atoms with Crippen LogP contribution < -0.4 is 20.3 Å². The highest BCUT2D eigenvalue weighted by Gasteiger charge is 2.15. The van der Waals surface area contributed by atoms with E-state index < -0.39 is 29.0 Å². The molecule has 0 heterocycles. The van der Waals surface area contributed by atoms with Crippen LogP contribution >= 0.6 is 0 Å². The number of hydrogen-bond acceptors (Lipinski definition) is 4. The van der Waals surface area contributed by atoms with E-state index in [-0.39, 0.29) is 5.56 Å². The van der Waals surface area contributed by atoms with Crippen LogP contribution in [0.2, 0.25) is 0 Å².